The summed E-state index contributed by atoms with van der Waals surface area (Å²) < 4.78 is 13.3. The molecule has 0 amide bonds. The van der Waals surface area contributed by atoms with Crippen LogP contribution in [0, 0.1) is 0 Å². The minimum atomic E-state index is -0.0644. The van der Waals surface area contributed by atoms with Crippen molar-refractivity contribution in [3.05, 3.63) is 0 Å². The Balaban J connectivity index is 2.82. The van der Waals surface area contributed by atoms with E-state index in [-0.39, 0.29) is 11.5 Å². The van der Waals surface area contributed by atoms with Crippen LogP contribution in [-0.4, -0.2) is 6.54 Å². The molecule has 0 rings (SSSR count). The van der Waals surface area contributed by atoms with E-state index < -0.39 is 0 Å². The SMILES string of the molecule is CCCCCN=[SH-]=O. The molecule has 0 aliphatic heterocycles. The van der Waals surface area contributed by atoms with Crippen LogP contribution in [0.3, 0.4) is 0 Å². The second-order valence-corrected chi connectivity index (χ2v) is 2.10. The standard InChI is InChI=1S/C5H12NOS/c1-2-3-4-5-6-8-7/h8H,2-5H2,1H3/q-1. The summed E-state index contributed by atoms with van der Waals surface area (Å²) in [6.45, 7) is 2.88. The van der Waals surface area contributed by atoms with Crippen molar-refractivity contribution in [2.24, 2.45) is 4.36 Å². The first-order chi connectivity index (χ1) is 3.91. The van der Waals surface area contributed by atoms with Crippen molar-refractivity contribution in [1.82, 2.24) is 0 Å². The third-order valence-electron chi connectivity index (χ3n) is 0.919. The number of hydrogen-bond acceptors (Lipinski definition) is 3. The van der Waals surface area contributed by atoms with E-state index in [0.29, 0.717) is 0 Å². The average Bonchev–Trinajstić information content (AvgIpc) is 1.81. The topological polar surface area (TPSA) is 29.4 Å². The quantitative estimate of drug-likeness (QED) is 0.325. The molecule has 0 saturated heterocycles. The Morgan fingerprint density at radius 2 is 2.25 bits per heavy atom. The van der Waals surface area contributed by atoms with Gasteiger partial charge in [-0.1, -0.05) is 19.8 Å². The van der Waals surface area contributed by atoms with Gasteiger partial charge >= 0.3 is 0 Å². The van der Waals surface area contributed by atoms with Crippen molar-refractivity contribution in [1.29, 1.82) is 0 Å². The molecule has 8 heavy (non-hydrogen) atoms. The highest BCUT2D eigenvalue weighted by Gasteiger charge is 1.76. The van der Waals surface area contributed by atoms with E-state index in [0.717, 1.165) is 13.0 Å². The van der Waals surface area contributed by atoms with Gasteiger partial charge < -0.3 is 8.57 Å². The van der Waals surface area contributed by atoms with Crippen LogP contribution >= 0.6 is 0 Å². The molecule has 0 radical (unpaired) electrons. The van der Waals surface area contributed by atoms with Crippen molar-refractivity contribution < 1.29 is 4.21 Å². The molecule has 0 heterocycles. The van der Waals surface area contributed by atoms with Crippen molar-refractivity contribution >= 4 is 11.5 Å². The predicted octanol–water partition coefficient (Wildman–Crippen LogP) is 1.52. The minimum absolute atomic E-state index is 0.0644. The third kappa shape index (κ3) is 5.95. The Hall–Kier alpha value is -0.0500. The maximum Gasteiger partial charge on any atom is 0.0120 e. The van der Waals surface area contributed by atoms with Gasteiger partial charge in [0.1, 0.15) is 0 Å². The van der Waals surface area contributed by atoms with Crippen molar-refractivity contribution in [2.45, 2.75) is 26.2 Å². The van der Waals surface area contributed by atoms with Gasteiger partial charge in [0.15, 0.2) is 0 Å². The van der Waals surface area contributed by atoms with Crippen LogP contribution in [0.25, 0.3) is 0 Å². The van der Waals surface area contributed by atoms with Gasteiger partial charge in [0.05, 0.1) is 0 Å². The number of thiol groups is 1. The normalized spacial score (nSPS) is 9.12. The second kappa shape index (κ2) is 6.95. The molecule has 0 fully saturated rings. The third-order valence-corrected chi connectivity index (χ3v) is 1.23. The van der Waals surface area contributed by atoms with E-state index in [4.69, 9.17) is 0 Å². The lowest BCUT2D eigenvalue weighted by molar-refractivity contribution is 0.607. The molecule has 3 heteroatoms. The lowest BCUT2D eigenvalue weighted by Crippen LogP contribution is -1.76. The van der Waals surface area contributed by atoms with Crippen LogP contribution in [0.4, 0.5) is 0 Å². The van der Waals surface area contributed by atoms with E-state index in [9.17, 15) is 4.21 Å². The summed E-state index contributed by atoms with van der Waals surface area (Å²) in [4.78, 5) is 0. The molecule has 0 spiro atoms. The smallest absolute Gasteiger partial charge is 0.0120 e. The van der Waals surface area contributed by atoms with Crippen LogP contribution in [0.2, 0.25) is 0 Å². The van der Waals surface area contributed by atoms with Crippen molar-refractivity contribution in [3.63, 3.8) is 0 Å². The van der Waals surface area contributed by atoms with Gasteiger partial charge in [-0.05, 0) is 6.42 Å². The number of nitrogens with zero attached hydrogens (tertiary/aromatic N) is 1. The van der Waals surface area contributed by atoms with Gasteiger partial charge in [0.2, 0.25) is 0 Å². The highest BCUT2D eigenvalue weighted by Crippen LogP contribution is 1.92. The summed E-state index contributed by atoms with van der Waals surface area (Å²) in [7, 11) is 0. The first kappa shape index (κ1) is 7.95. The Labute approximate surface area is 53.5 Å². The van der Waals surface area contributed by atoms with Crippen molar-refractivity contribution in [3.8, 4) is 0 Å². The number of hydrogen-bond donors (Lipinski definition) is 0. The summed E-state index contributed by atoms with van der Waals surface area (Å²) in [6.07, 6.45) is 3.47. The summed E-state index contributed by atoms with van der Waals surface area (Å²) in [6, 6.07) is 0. The van der Waals surface area contributed by atoms with Crippen LogP contribution in [0.5, 0.6) is 0 Å². The van der Waals surface area contributed by atoms with Gasteiger partial charge in [-0.2, -0.15) is 0 Å². The van der Waals surface area contributed by atoms with Gasteiger partial charge in [-0.15, -0.1) is 0 Å². The lowest BCUT2D eigenvalue weighted by atomic mass is 10.3. The fraction of sp³-hybridized carbons (Fsp3) is 1.00. The van der Waals surface area contributed by atoms with Gasteiger partial charge in [-0.3, -0.25) is 0 Å². The van der Waals surface area contributed by atoms with E-state index in [2.05, 4.69) is 11.3 Å². The number of unbranched alkanes of at least 4 members (excludes halogenated alkanes) is 2. The van der Waals surface area contributed by atoms with Crippen molar-refractivity contribution in [2.75, 3.05) is 6.54 Å². The van der Waals surface area contributed by atoms with Gasteiger partial charge in [-0.25, -0.2) is 11.5 Å². The molecule has 0 N–H and O–H groups in total. The highest BCUT2D eigenvalue weighted by molar-refractivity contribution is 7.54. The summed E-state index contributed by atoms with van der Waals surface area (Å²) in [5.74, 6) is 0. The fourth-order valence-corrected chi connectivity index (χ4v) is 0.696. The van der Waals surface area contributed by atoms with E-state index >= 15 is 0 Å². The first-order valence-electron chi connectivity index (χ1n) is 2.91. The molecular weight excluding hydrogens is 122 g/mol. The molecule has 0 aliphatic carbocycles. The van der Waals surface area contributed by atoms with E-state index in [1.54, 1.807) is 0 Å². The monoisotopic (exact) mass is 134 g/mol. The molecule has 0 aromatic carbocycles. The summed E-state index contributed by atoms with van der Waals surface area (Å²) >= 11 is -0.0644. The molecule has 2 nitrogen and oxygen atoms in total. The first-order valence-corrected chi connectivity index (χ1v) is 3.67. The fourth-order valence-electron chi connectivity index (χ4n) is 0.473. The summed E-state index contributed by atoms with van der Waals surface area (Å²) in [5.41, 5.74) is 0. The molecular formula is C5H12NOS-. The predicted molar refractivity (Wildman–Crippen MR) is 36.3 cm³/mol. The molecule has 0 saturated carbocycles. The zero-order chi connectivity index (χ0) is 6.24. The maximum atomic E-state index is 9.70. The molecule has 0 aromatic heterocycles. The van der Waals surface area contributed by atoms with Gasteiger partial charge in [0.25, 0.3) is 0 Å². The molecule has 0 aromatic rings. The molecule has 0 unspecified atom stereocenters. The molecule has 0 aliphatic rings. The zero-order valence-corrected chi connectivity index (χ0v) is 6.03. The average molecular weight is 134 g/mol. The van der Waals surface area contributed by atoms with E-state index in [1.807, 2.05) is 0 Å². The van der Waals surface area contributed by atoms with Crippen LogP contribution in [0.1, 0.15) is 26.2 Å². The maximum absolute atomic E-state index is 9.70. The molecule has 0 bridgehead atoms. The Morgan fingerprint density at radius 1 is 1.50 bits per heavy atom. The van der Waals surface area contributed by atoms with E-state index in [1.165, 1.54) is 12.8 Å². The Morgan fingerprint density at radius 3 is 2.75 bits per heavy atom. The van der Waals surface area contributed by atoms with Gasteiger partial charge in [0, 0.05) is 6.54 Å². The van der Waals surface area contributed by atoms with Crippen LogP contribution < -0.4 is 0 Å². The Bertz CT molecular complexity index is 88.4. The minimum Gasteiger partial charge on any atom is -0.447 e. The van der Waals surface area contributed by atoms with Crippen LogP contribution in [-0.2, 0) is 15.7 Å². The Kier molecular flexibility index (Phi) is 6.91. The molecule has 0 atom stereocenters. The molecule has 50 valence electrons. The van der Waals surface area contributed by atoms with Crippen LogP contribution in [0.15, 0.2) is 4.36 Å². The zero-order valence-electron chi connectivity index (χ0n) is 5.13. The largest absolute Gasteiger partial charge is 0.447 e. The second-order valence-electron chi connectivity index (χ2n) is 1.65. The highest BCUT2D eigenvalue weighted by atomic mass is 32.1. The number of rotatable bonds is 4. The summed E-state index contributed by atoms with van der Waals surface area (Å²) in [5, 5.41) is 0. The lowest BCUT2D eigenvalue weighted by Gasteiger charge is -1.91.